The number of carbonyl (C=O) groups excluding carboxylic acids is 2. The molecule has 0 fully saturated rings. The van der Waals surface area contributed by atoms with Crippen LogP contribution in [0, 0.1) is 6.92 Å². The van der Waals surface area contributed by atoms with Gasteiger partial charge in [-0.1, -0.05) is 0 Å². The first-order valence-electron chi connectivity index (χ1n) is 5.61. The molecule has 0 bridgehead atoms. The number of hydrogen-bond donors (Lipinski definition) is 1. The van der Waals surface area contributed by atoms with Gasteiger partial charge in [-0.25, -0.2) is 4.79 Å². The van der Waals surface area contributed by atoms with Crippen molar-refractivity contribution < 1.29 is 23.2 Å². The molecular formula is C13H13NO5. The quantitative estimate of drug-likeness (QED) is 0.852. The van der Waals surface area contributed by atoms with Crippen LogP contribution in [0.25, 0.3) is 0 Å². The van der Waals surface area contributed by atoms with Crippen LogP contribution >= 0.6 is 0 Å². The summed E-state index contributed by atoms with van der Waals surface area (Å²) in [5.41, 5.74) is 0.352. The highest BCUT2D eigenvalue weighted by atomic mass is 16.5. The smallest absolute Gasteiger partial charge is 0.341 e. The van der Waals surface area contributed by atoms with Gasteiger partial charge in [0.05, 0.1) is 19.9 Å². The monoisotopic (exact) mass is 263 g/mol. The average molecular weight is 263 g/mol. The maximum Gasteiger partial charge on any atom is 0.341 e. The number of rotatable bonds is 4. The number of aryl methyl sites for hydroxylation is 1. The molecule has 19 heavy (non-hydrogen) atoms. The van der Waals surface area contributed by atoms with Gasteiger partial charge in [-0.05, 0) is 25.1 Å². The fourth-order valence-electron chi connectivity index (χ4n) is 1.61. The Hall–Kier alpha value is -2.50. The van der Waals surface area contributed by atoms with Crippen molar-refractivity contribution in [3.63, 3.8) is 0 Å². The van der Waals surface area contributed by atoms with Gasteiger partial charge >= 0.3 is 5.97 Å². The number of ether oxygens (including phenoxy) is 1. The van der Waals surface area contributed by atoms with Crippen LogP contribution in [0.2, 0.25) is 0 Å². The lowest BCUT2D eigenvalue weighted by Gasteiger charge is -1.99. The van der Waals surface area contributed by atoms with Crippen LogP contribution in [-0.4, -0.2) is 19.0 Å². The van der Waals surface area contributed by atoms with E-state index < -0.39 is 5.97 Å². The summed E-state index contributed by atoms with van der Waals surface area (Å²) < 4.78 is 14.9. The zero-order valence-corrected chi connectivity index (χ0v) is 10.6. The zero-order valence-electron chi connectivity index (χ0n) is 10.6. The second-order valence-corrected chi connectivity index (χ2v) is 3.83. The molecule has 0 aliphatic heterocycles. The molecule has 0 saturated heterocycles. The van der Waals surface area contributed by atoms with Gasteiger partial charge in [0, 0.05) is 0 Å². The van der Waals surface area contributed by atoms with Gasteiger partial charge in [0.15, 0.2) is 5.76 Å². The number of nitrogens with one attached hydrogen (secondary N) is 1. The predicted octanol–water partition coefficient (Wildman–Crippen LogP) is 1.90. The van der Waals surface area contributed by atoms with Crippen LogP contribution in [0.15, 0.2) is 33.3 Å². The number of amides is 1. The minimum Gasteiger partial charge on any atom is -0.465 e. The maximum atomic E-state index is 11.6. The van der Waals surface area contributed by atoms with Crippen molar-refractivity contribution in [3.05, 3.63) is 47.3 Å². The van der Waals surface area contributed by atoms with Crippen LogP contribution < -0.4 is 5.32 Å². The van der Waals surface area contributed by atoms with E-state index in [-0.39, 0.29) is 18.2 Å². The fourth-order valence-corrected chi connectivity index (χ4v) is 1.61. The Morgan fingerprint density at radius 3 is 2.84 bits per heavy atom. The van der Waals surface area contributed by atoms with Crippen LogP contribution in [0.3, 0.4) is 0 Å². The van der Waals surface area contributed by atoms with E-state index in [4.69, 9.17) is 8.83 Å². The van der Waals surface area contributed by atoms with Gasteiger partial charge in [0.25, 0.3) is 5.91 Å². The lowest BCUT2D eigenvalue weighted by atomic mass is 10.2. The second kappa shape index (κ2) is 5.43. The van der Waals surface area contributed by atoms with E-state index in [2.05, 4.69) is 10.1 Å². The number of carbonyl (C=O) groups is 2. The van der Waals surface area contributed by atoms with Crippen molar-refractivity contribution in [1.82, 2.24) is 5.32 Å². The van der Waals surface area contributed by atoms with Crippen molar-refractivity contribution in [2.24, 2.45) is 0 Å². The van der Waals surface area contributed by atoms with Crippen molar-refractivity contribution in [1.29, 1.82) is 0 Å². The highest BCUT2D eigenvalue weighted by molar-refractivity contribution is 5.91. The summed E-state index contributed by atoms with van der Waals surface area (Å²) >= 11 is 0. The zero-order chi connectivity index (χ0) is 13.8. The first-order valence-corrected chi connectivity index (χ1v) is 5.61. The molecule has 2 aromatic heterocycles. The summed E-state index contributed by atoms with van der Waals surface area (Å²) in [5.74, 6) is 0.326. The first-order chi connectivity index (χ1) is 9.11. The van der Waals surface area contributed by atoms with E-state index in [0.717, 1.165) is 0 Å². The molecule has 2 heterocycles. The highest BCUT2D eigenvalue weighted by Crippen LogP contribution is 2.15. The van der Waals surface area contributed by atoms with Gasteiger partial charge in [0.1, 0.15) is 17.1 Å². The van der Waals surface area contributed by atoms with E-state index in [1.807, 2.05) is 0 Å². The van der Waals surface area contributed by atoms with Crippen LogP contribution in [-0.2, 0) is 11.3 Å². The molecule has 0 spiro atoms. The third-order valence-electron chi connectivity index (χ3n) is 2.54. The largest absolute Gasteiger partial charge is 0.465 e. The van der Waals surface area contributed by atoms with Crippen molar-refractivity contribution in [2.75, 3.05) is 7.11 Å². The molecule has 6 nitrogen and oxygen atoms in total. The second-order valence-electron chi connectivity index (χ2n) is 3.83. The fraction of sp³-hybridized carbons (Fsp3) is 0.231. The molecule has 2 rings (SSSR count). The third-order valence-corrected chi connectivity index (χ3v) is 2.54. The maximum absolute atomic E-state index is 11.6. The third kappa shape index (κ3) is 2.85. The van der Waals surface area contributed by atoms with E-state index in [9.17, 15) is 9.59 Å². The standard InChI is InChI=1S/C13H13NO5/c1-8-10(13(16)17-2)6-9(19-8)7-14-12(15)11-4-3-5-18-11/h3-6H,7H2,1-2H3,(H,14,15). The number of hydrogen-bond acceptors (Lipinski definition) is 5. The van der Waals surface area contributed by atoms with Crippen LogP contribution in [0.5, 0.6) is 0 Å². The summed E-state index contributed by atoms with van der Waals surface area (Å²) in [5, 5.41) is 2.62. The molecule has 1 N–H and O–H groups in total. The van der Waals surface area contributed by atoms with Crippen LogP contribution in [0.4, 0.5) is 0 Å². The predicted molar refractivity (Wildman–Crippen MR) is 64.7 cm³/mol. The highest BCUT2D eigenvalue weighted by Gasteiger charge is 2.16. The summed E-state index contributed by atoms with van der Waals surface area (Å²) in [4.78, 5) is 23.0. The SMILES string of the molecule is COC(=O)c1cc(CNC(=O)c2ccco2)oc1C. The first kappa shape index (κ1) is 12.9. The molecule has 0 unspecified atom stereocenters. The van der Waals surface area contributed by atoms with Crippen molar-refractivity contribution in [3.8, 4) is 0 Å². The summed E-state index contributed by atoms with van der Waals surface area (Å²) in [6.07, 6.45) is 1.42. The van der Waals surface area contributed by atoms with Gasteiger partial charge < -0.3 is 18.9 Å². The Bertz CT molecular complexity index is 582. The number of esters is 1. The summed E-state index contributed by atoms with van der Waals surface area (Å²) in [7, 11) is 1.30. The Morgan fingerprint density at radius 1 is 1.42 bits per heavy atom. The average Bonchev–Trinajstić information content (AvgIpc) is 3.04. The Kier molecular flexibility index (Phi) is 3.70. The Labute approximate surface area is 109 Å². The molecule has 0 aliphatic carbocycles. The lowest BCUT2D eigenvalue weighted by Crippen LogP contribution is -2.21. The van der Waals surface area contributed by atoms with E-state index in [0.29, 0.717) is 17.1 Å². The van der Waals surface area contributed by atoms with E-state index >= 15 is 0 Å². The van der Waals surface area contributed by atoms with E-state index in [1.165, 1.54) is 13.4 Å². The molecule has 0 saturated carbocycles. The summed E-state index contributed by atoms with van der Waals surface area (Å²) in [6, 6.07) is 4.73. The lowest BCUT2D eigenvalue weighted by molar-refractivity contribution is 0.0598. The van der Waals surface area contributed by atoms with Gasteiger partial charge in [0.2, 0.25) is 0 Å². The summed E-state index contributed by atoms with van der Waals surface area (Å²) in [6.45, 7) is 1.82. The van der Waals surface area contributed by atoms with Gasteiger partial charge in [-0.2, -0.15) is 0 Å². The van der Waals surface area contributed by atoms with Crippen molar-refractivity contribution in [2.45, 2.75) is 13.5 Å². The minimum atomic E-state index is -0.468. The van der Waals surface area contributed by atoms with Crippen LogP contribution in [0.1, 0.15) is 32.4 Å². The number of furan rings is 2. The molecular weight excluding hydrogens is 250 g/mol. The normalized spacial score (nSPS) is 10.2. The molecule has 0 radical (unpaired) electrons. The van der Waals surface area contributed by atoms with Gasteiger partial charge in [-0.3, -0.25) is 4.79 Å². The van der Waals surface area contributed by atoms with Crippen molar-refractivity contribution >= 4 is 11.9 Å². The molecule has 2 aromatic rings. The molecule has 0 aliphatic rings. The Balaban J connectivity index is 2.01. The Morgan fingerprint density at radius 2 is 2.21 bits per heavy atom. The molecule has 6 heteroatoms. The van der Waals surface area contributed by atoms with Gasteiger partial charge in [-0.15, -0.1) is 0 Å². The van der Waals surface area contributed by atoms with E-state index in [1.54, 1.807) is 25.1 Å². The number of methoxy groups -OCH3 is 1. The molecule has 0 atom stereocenters. The molecule has 0 aromatic carbocycles. The topological polar surface area (TPSA) is 81.7 Å². The molecule has 1 amide bonds. The molecule has 100 valence electrons. The minimum absolute atomic E-state index is 0.164.